The number of nitrogens with zero attached hydrogens (tertiary/aromatic N) is 4. The van der Waals surface area contributed by atoms with E-state index in [-0.39, 0.29) is 22.2 Å². The maximum absolute atomic E-state index is 12.5. The molecule has 126 valence electrons. The average molecular weight is 354 g/mol. The normalized spacial score (nSPS) is 15.2. The van der Waals surface area contributed by atoms with Gasteiger partial charge in [0.15, 0.2) is 5.78 Å². The molecule has 25 heavy (non-hydrogen) atoms. The Morgan fingerprint density at radius 2 is 1.84 bits per heavy atom. The van der Waals surface area contributed by atoms with E-state index in [1.54, 1.807) is 43.4 Å². The van der Waals surface area contributed by atoms with E-state index in [0.717, 1.165) is 0 Å². The Morgan fingerprint density at radius 1 is 1.16 bits per heavy atom. The fourth-order valence-electron chi connectivity index (χ4n) is 2.59. The van der Waals surface area contributed by atoms with Gasteiger partial charge in [-0.25, -0.2) is 0 Å². The van der Waals surface area contributed by atoms with E-state index in [0.29, 0.717) is 16.8 Å². The molecule has 1 heterocycles. The number of anilines is 1. The van der Waals surface area contributed by atoms with E-state index < -0.39 is 10.0 Å². The van der Waals surface area contributed by atoms with Crippen LogP contribution in [0.3, 0.4) is 0 Å². The number of hydrogen-bond acceptors (Lipinski definition) is 3. The monoisotopic (exact) mass is 354 g/mol. The molecular weight excluding hydrogens is 340 g/mol. The molecule has 1 aliphatic heterocycles. The fourth-order valence-corrected chi connectivity index (χ4v) is 3.64. The first-order valence-electron chi connectivity index (χ1n) is 7.36. The number of carbonyl (C=O) groups is 1. The highest BCUT2D eigenvalue weighted by Crippen LogP contribution is 2.30. The summed E-state index contributed by atoms with van der Waals surface area (Å²) in [4.78, 5) is 16.3. The zero-order chi connectivity index (χ0) is 18.2. The first kappa shape index (κ1) is 16.8. The zero-order valence-electron chi connectivity index (χ0n) is 13.5. The third-order valence-electron chi connectivity index (χ3n) is 3.90. The molecule has 0 saturated carbocycles. The highest BCUT2D eigenvalue weighted by atomic mass is 32.2. The van der Waals surface area contributed by atoms with Gasteiger partial charge in [-0.3, -0.25) is 4.79 Å². The van der Waals surface area contributed by atoms with Crippen LogP contribution in [-0.4, -0.2) is 37.6 Å². The van der Waals surface area contributed by atoms with Crippen LogP contribution in [0.25, 0.3) is 5.53 Å². The van der Waals surface area contributed by atoms with Crippen molar-refractivity contribution in [2.24, 2.45) is 4.40 Å². The third kappa shape index (κ3) is 2.88. The maximum atomic E-state index is 12.5. The molecule has 0 radical (unpaired) electrons. The van der Waals surface area contributed by atoms with Crippen LogP contribution in [0.1, 0.15) is 22.8 Å². The zero-order valence-corrected chi connectivity index (χ0v) is 14.4. The minimum atomic E-state index is -3.98. The summed E-state index contributed by atoms with van der Waals surface area (Å²) in [6, 6.07) is 12.6. The smallest absolute Gasteiger partial charge is 0.361 e. The van der Waals surface area contributed by atoms with Crippen LogP contribution in [-0.2, 0) is 10.0 Å². The van der Waals surface area contributed by atoms with Gasteiger partial charge in [-0.05, 0) is 37.3 Å². The SMILES string of the molecule is CC(=O)c1ccc2c(c1)C(=[N+]=[N-])C(=NS(=O)(=O)c1ccccc1)N2C. The number of likely N-dealkylation sites (N-methyl/N-ethyl adjacent to an activating group) is 1. The van der Waals surface area contributed by atoms with Gasteiger partial charge in [-0.2, -0.15) is 13.2 Å². The molecule has 1 aliphatic rings. The number of carbonyl (C=O) groups excluding carboxylic acids is 1. The van der Waals surface area contributed by atoms with Crippen molar-refractivity contribution in [3.05, 3.63) is 65.2 Å². The minimum absolute atomic E-state index is 0.0000983. The number of Topliss-reactive ketones (excluding diaryl/α,β-unsaturated/α-hetero) is 1. The second-order valence-corrected chi connectivity index (χ2v) is 7.10. The van der Waals surface area contributed by atoms with Crippen LogP contribution in [0.4, 0.5) is 5.69 Å². The summed E-state index contributed by atoms with van der Waals surface area (Å²) in [7, 11) is -2.36. The van der Waals surface area contributed by atoms with Crippen molar-refractivity contribution < 1.29 is 18.0 Å². The number of hydrogen-bond donors (Lipinski definition) is 0. The lowest BCUT2D eigenvalue weighted by Crippen LogP contribution is -2.28. The molecule has 0 amide bonds. The van der Waals surface area contributed by atoms with E-state index >= 15 is 0 Å². The molecular formula is C17H14N4O3S. The van der Waals surface area contributed by atoms with Crippen LogP contribution in [0.5, 0.6) is 0 Å². The molecule has 0 aliphatic carbocycles. The van der Waals surface area contributed by atoms with Gasteiger partial charge < -0.3 is 10.4 Å². The van der Waals surface area contributed by atoms with Crippen LogP contribution >= 0.6 is 0 Å². The van der Waals surface area contributed by atoms with Gasteiger partial charge in [-0.15, -0.1) is 4.40 Å². The molecule has 0 fully saturated rings. The van der Waals surface area contributed by atoms with E-state index in [1.807, 2.05) is 0 Å². The quantitative estimate of drug-likeness (QED) is 0.478. The molecule has 8 heteroatoms. The van der Waals surface area contributed by atoms with Gasteiger partial charge in [0, 0.05) is 12.6 Å². The number of ketones is 1. The summed E-state index contributed by atoms with van der Waals surface area (Å²) >= 11 is 0. The number of benzene rings is 2. The molecule has 0 atom stereocenters. The Kier molecular flexibility index (Phi) is 4.08. The second-order valence-electron chi connectivity index (χ2n) is 5.50. The summed E-state index contributed by atoms with van der Waals surface area (Å²) in [6.07, 6.45) is 0. The lowest BCUT2D eigenvalue weighted by atomic mass is 10.0. The standard InChI is InChI=1S/C17H14N4O3S/c1-11(22)12-8-9-15-14(10-12)16(19-18)17(21(15)2)20-25(23,24)13-6-4-3-5-7-13/h3-10H,1-2H3. The number of sulfonamides is 1. The highest BCUT2D eigenvalue weighted by molar-refractivity contribution is 7.90. The van der Waals surface area contributed by atoms with Gasteiger partial charge in [0.2, 0.25) is 5.84 Å². The van der Waals surface area contributed by atoms with Crippen molar-refractivity contribution in [2.45, 2.75) is 11.8 Å². The lowest BCUT2D eigenvalue weighted by Gasteiger charge is -2.11. The van der Waals surface area contributed by atoms with Crippen LogP contribution in [0.2, 0.25) is 0 Å². The number of fused-ring (bicyclic) bond motifs is 1. The number of amidine groups is 1. The molecule has 2 aromatic carbocycles. The first-order chi connectivity index (χ1) is 11.8. The topological polar surface area (TPSA) is 103 Å². The van der Waals surface area contributed by atoms with Gasteiger partial charge >= 0.3 is 5.71 Å². The molecule has 0 saturated heterocycles. The van der Waals surface area contributed by atoms with E-state index in [1.165, 1.54) is 24.0 Å². The Morgan fingerprint density at radius 3 is 2.44 bits per heavy atom. The molecule has 0 bridgehead atoms. The molecule has 3 rings (SSSR count). The lowest BCUT2D eigenvalue weighted by molar-refractivity contribution is -0.000202. The summed E-state index contributed by atoms with van der Waals surface area (Å²) in [6.45, 7) is 1.42. The van der Waals surface area contributed by atoms with E-state index in [2.05, 4.69) is 9.19 Å². The van der Waals surface area contributed by atoms with Gasteiger partial charge in [0.1, 0.15) is 0 Å². The average Bonchev–Trinajstić information content (AvgIpc) is 2.86. The molecule has 0 spiro atoms. The minimum Gasteiger partial charge on any atom is -0.361 e. The van der Waals surface area contributed by atoms with Crippen molar-refractivity contribution in [1.29, 1.82) is 0 Å². The Balaban J connectivity index is 2.16. The summed E-state index contributed by atoms with van der Waals surface area (Å²) in [5.41, 5.74) is 10.9. The molecule has 0 N–H and O–H groups in total. The van der Waals surface area contributed by atoms with Crippen LogP contribution in [0, 0.1) is 0 Å². The predicted octanol–water partition coefficient (Wildman–Crippen LogP) is 2.15. The molecule has 0 aromatic heterocycles. The van der Waals surface area contributed by atoms with Gasteiger partial charge in [0.25, 0.3) is 10.0 Å². The van der Waals surface area contributed by atoms with Crippen molar-refractivity contribution in [3.63, 3.8) is 0 Å². The predicted molar refractivity (Wildman–Crippen MR) is 93.6 cm³/mol. The number of rotatable bonds is 3. The van der Waals surface area contributed by atoms with Gasteiger partial charge in [0.05, 0.1) is 16.1 Å². The largest absolute Gasteiger partial charge is 0.367 e. The molecule has 2 aromatic rings. The first-order valence-corrected chi connectivity index (χ1v) is 8.80. The summed E-state index contributed by atoms with van der Waals surface area (Å²) < 4.78 is 28.9. The Bertz CT molecular complexity index is 1050. The van der Waals surface area contributed by atoms with Crippen molar-refractivity contribution in [1.82, 2.24) is 0 Å². The Hall–Kier alpha value is -3.09. The fraction of sp³-hybridized carbons (Fsp3) is 0.118. The molecule has 7 nitrogen and oxygen atoms in total. The highest BCUT2D eigenvalue weighted by Gasteiger charge is 2.38. The van der Waals surface area contributed by atoms with E-state index in [9.17, 15) is 18.7 Å². The molecule has 0 unspecified atom stereocenters. The second kappa shape index (κ2) is 6.08. The van der Waals surface area contributed by atoms with Crippen molar-refractivity contribution in [2.75, 3.05) is 11.9 Å². The maximum Gasteiger partial charge on any atom is 0.367 e. The third-order valence-corrected chi connectivity index (χ3v) is 5.18. The van der Waals surface area contributed by atoms with Crippen molar-refractivity contribution in [3.8, 4) is 0 Å². The van der Waals surface area contributed by atoms with Crippen LogP contribution < -0.4 is 4.90 Å². The van der Waals surface area contributed by atoms with Gasteiger partial charge in [-0.1, -0.05) is 18.2 Å². The van der Waals surface area contributed by atoms with E-state index in [4.69, 9.17) is 0 Å². The van der Waals surface area contributed by atoms with Crippen molar-refractivity contribution >= 4 is 33.0 Å². The summed E-state index contributed by atoms with van der Waals surface area (Å²) in [5, 5.41) is 0. The Labute approximate surface area is 144 Å². The van der Waals surface area contributed by atoms with Crippen LogP contribution in [0.15, 0.2) is 57.8 Å². The summed E-state index contributed by atoms with van der Waals surface area (Å²) in [5.74, 6) is -0.160.